The predicted molar refractivity (Wildman–Crippen MR) is 58.3 cm³/mol. The van der Waals surface area contributed by atoms with Crippen molar-refractivity contribution in [2.45, 2.75) is 70.1 Å². The summed E-state index contributed by atoms with van der Waals surface area (Å²) in [4.78, 5) is 2.60. The number of aliphatic hydroxyl groups is 1. The van der Waals surface area contributed by atoms with E-state index < -0.39 is 0 Å². The largest absolute Gasteiger partial charge is 0.391 e. The van der Waals surface area contributed by atoms with Crippen LogP contribution >= 0.6 is 0 Å². The van der Waals surface area contributed by atoms with Crippen molar-refractivity contribution >= 4 is 0 Å². The lowest BCUT2D eigenvalue weighted by Crippen LogP contribution is -2.49. The first kappa shape index (κ1) is 10.4. The Morgan fingerprint density at radius 2 is 2.00 bits per heavy atom. The summed E-state index contributed by atoms with van der Waals surface area (Å²) < 4.78 is 0. The number of nitrogens with zero attached hydrogens (tertiary/aromatic N) is 1. The van der Waals surface area contributed by atoms with Crippen LogP contribution in [0.1, 0.15) is 51.9 Å². The highest BCUT2D eigenvalue weighted by molar-refractivity contribution is 4.90. The van der Waals surface area contributed by atoms with Crippen LogP contribution in [0.5, 0.6) is 0 Å². The maximum Gasteiger partial charge on any atom is 0.0695 e. The van der Waals surface area contributed by atoms with Crippen LogP contribution in [0.2, 0.25) is 0 Å². The Labute approximate surface area is 87.3 Å². The van der Waals surface area contributed by atoms with E-state index in [1.165, 1.54) is 45.1 Å². The molecule has 2 nitrogen and oxygen atoms in total. The van der Waals surface area contributed by atoms with Gasteiger partial charge < -0.3 is 5.11 Å². The lowest BCUT2D eigenvalue weighted by molar-refractivity contribution is 0.0237. The molecule has 2 rings (SSSR count). The molecule has 0 radical (unpaired) electrons. The first-order valence-electron chi connectivity index (χ1n) is 6.26. The fourth-order valence-electron chi connectivity index (χ4n) is 3.21. The topological polar surface area (TPSA) is 23.5 Å². The maximum absolute atomic E-state index is 9.91. The van der Waals surface area contributed by atoms with Crippen molar-refractivity contribution in [3.63, 3.8) is 0 Å². The van der Waals surface area contributed by atoms with Crippen LogP contribution in [0.4, 0.5) is 0 Å². The number of aliphatic hydroxyl groups excluding tert-OH is 1. The molecule has 1 N–H and O–H groups in total. The molecule has 2 aliphatic rings. The van der Waals surface area contributed by atoms with E-state index in [2.05, 4.69) is 11.8 Å². The molecule has 0 aromatic rings. The number of hydrogen-bond donors (Lipinski definition) is 1. The Morgan fingerprint density at radius 1 is 1.14 bits per heavy atom. The van der Waals surface area contributed by atoms with Crippen molar-refractivity contribution < 1.29 is 5.11 Å². The molecule has 1 unspecified atom stereocenters. The van der Waals surface area contributed by atoms with Crippen molar-refractivity contribution in [3.8, 4) is 0 Å². The standard InChI is InChI=1S/C12H23NO/c1-2-10-6-3-4-9-13(10)11-7-5-8-12(11)14/h10-12,14H,2-9H2,1H3/t10?,11-,12-/m1/s1. The highest BCUT2D eigenvalue weighted by Crippen LogP contribution is 2.30. The summed E-state index contributed by atoms with van der Waals surface area (Å²) >= 11 is 0. The third-order valence-corrected chi connectivity index (χ3v) is 4.01. The predicted octanol–water partition coefficient (Wildman–Crippen LogP) is 2.16. The molecule has 1 heterocycles. The molecule has 2 heteroatoms. The van der Waals surface area contributed by atoms with E-state index in [9.17, 15) is 5.11 Å². The Balaban J connectivity index is 1.99. The lowest BCUT2D eigenvalue weighted by atomic mass is 9.97. The number of rotatable bonds is 2. The zero-order valence-corrected chi connectivity index (χ0v) is 9.28. The summed E-state index contributed by atoms with van der Waals surface area (Å²) in [6.45, 7) is 3.50. The van der Waals surface area contributed by atoms with Gasteiger partial charge in [0.2, 0.25) is 0 Å². The SMILES string of the molecule is CCC1CCCCN1[C@@H]1CCC[C@H]1O. The van der Waals surface area contributed by atoms with Gasteiger partial charge in [-0.1, -0.05) is 13.3 Å². The van der Waals surface area contributed by atoms with E-state index in [-0.39, 0.29) is 6.10 Å². The van der Waals surface area contributed by atoms with E-state index in [4.69, 9.17) is 0 Å². The minimum atomic E-state index is -0.0397. The molecule has 0 amide bonds. The summed E-state index contributed by atoms with van der Waals surface area (Å²) in [7, 11) is 0. The summed E-state index contributed by atoms with van der Waals surface area (Å²) in [5, 5.41) is 9.91. The van der Waals surface area contributed by atoms with Gasteiger partial charge in [-0.05, 0) is 45.1 Å². The van der Waals surface area contributed by atoms with Crippen molar-refractivity contribution in [2.24, 2.45) is 0 Å². The molecule has 0 spiro atoms. The monoisotopic (exact) mass is 197 g/mol. The second kappa shape index (κ2) is 4.63. The molecule has 1 aliphatic carbocycles. The quantitative estimate of drug-likeness (QED) is 0.733. The molecular weight excluding hydrogens is 174 g/mol. The highest BCUT2D eigenvalue weighted by Gasteiger charge is 2.34. The number of hydrogen-bond acceptors (Lipinski definition) is 2. The molecule has 1 saturated carbocycles. The Morgan fingerprint density at radius 3 is 2.64 bits per heavy atom. The highest BCUT2D eigenvalue weighted by atomic mass is 16.3. The molecule has 2 fully saturated rings. The molecule has 14 heavy (non-hydrogen) atoms. The van der Waals surface area contributed by atoms with Crippen molar-refractivity contribution in [2.75, 3.05) is 6.54 Å². The van der Waals surface area contributed by atoms with Gasteiger partial charge in [0.15, 0.2) is 0 Å². The fraction of sp³-hybridized carbons (Fsp3) is 1.00. The van der Waals surface area contributed by atoms with E-state index in [1.54, 1.807) is 0 Å². The maximum atomic E-state index is 9.91. The molecule has 1 saturated heterocycles. The van der Waals surface area contributed by atoms with Crippen LogP contribution in [-0.4, -0.2) is 34.7 Å². The number of likely N-dealkylation sites (tertiary alicyclic amines) is 1. The van der Waals surface area contributed by atoms with Crippen molar-refractivity contribution in [1.29, 1.82) is 0 Å². The van der Waals surface area contributed by atoms with E-state index in [1.807, 2.05) is 0 Å². The summed E-state index contributed by atoms with van der Waals surface area (Å²) in [6, 6.07) is 1.24. The Kier molecular flexibility index (Phi) is 3.45. The minimum absolute atomic E-state index is 0.0397. The van der Waals surface area contributed by atoms with Crippen LogP contribution in [0, 0.1) is 0 Å². The Bertz CT molecular complexity index is 183. The fourth-order valence-corrected chi connectivity index (χ4v) is 3.21. The molecule has 1 aliphatic heterocycles. The van der Waals surface area contributed by atoms with Crippen molar-refractivity contribution in [1.82, 2.24) is 4.90 Å². The van der Waals surface area contributed by atoms with Gasteiger partial charge in [-0.2, -0.15) is 0 Å². The average molecular weight is 197 g/mol. The van der Waals surface area contributed by atoms with Crippen LogP contribution in [0.25, 0.3) is 0 Å². The average Bonchev–Trinajstić information content (AvgIpc) is 2.64. The zero-order chi connectivity index (χ0) is 9.97. The second-order valence-corrected chi connectivity index (χ2v) is 4.86. The van der Waals surface area contributed by atoms with Gasteiger partial charge in [0, 0.05) is 12.1 Å². The number of piperidine rings is 1. The van der Waals surface area contributed by atoms with Gasteiger partial charge >= 0.3 is 0 Å². The summed E-state index contributed by atoms with van der Waals surface area (Å²) in [5.41, 5.74) is 0. The second-order valence-electron chi connectivity index (χ2n) is 4.86. The summed E-state index contributed by atoms with van der Waals surface area (Å²) in [5.74, 6) is 0. The van der Waals surface area contributed by atoms with Gasteiger partial charge in [-0.15, -0.1) is 0 Å². The Hall–Kier alpha value is -0.0800. The normalized spacial score (nSPS) is 40.3. The van der Waals surface area contributed by atoms with E-state index in [0.717, 1.165) is 12.5 Å². The molecule has 82 valence electrons. The molecule has 0 bridgehead atoms. The lowest BCUT2D eigenvalue weighted by Gasteiger charge is -2.40. The first-order chi connectivity index (χ1) is 6.83. The minimum Gasteiger partial charge on any atom is -0.391 e. The summed E-state index contributed by atoms with van der Waals surface area (Å²) in [6.07, 6.45) is 8.75. The van der Waals surface area contributed by atoms with Gasteiger partial charge in [-0.3, -0.25) is 4.90 Å². The smallest absolute Gasteiger partial charge is 0.0695 e. The third-order valence-electron chi connectivity index (χ3n) is 4.01. The molecule has 0 aromatic heterocycles. The van der Waals surface area contributed by atoms with Gasteiger partial charge in [0.05, 0.1) is 6.10 Å². The first-order valence-corrected chi connectivity index (χ1v) is 6.26. The van der Waals surface area contributed by atoms with Gasteiger partial charge in [0.1, 0.15) is 0 Å². The third kappa shape index (κ3) is 1.96. The van der Waals surface area contributed by atoms with Crippen LogP contribution in [0.15, 0.2) is 0 Å². The molecule has 0 aromatic carbocycles. The van der Waals surface area contributed by atoms with Gasteiger partial charge in [-0.25, -0.2) is 0 Å². The van der Waals surface area contributed by atoms with Crippen LogP contribution < -0.4 is 0 Å². The van der Waals surface area contributed by atoms with Crippen molar-refractivity contribution in [3.05, 3.63) is 0 Å². The zero-order valence-electron chi connectivity index (χ0n) is 9.28. The van der Waals surface area contributed by atoms with Crippen LogP contribution in [0.3, 0.4) is 0 Å². The molecule has 3 atom stereocenters. The van der Waals surface area contributed by atoms with E-state index >= 15 is 0 Å². The van der Waals surface area contributed by atoms with Gasteiger partial charge in [0.25, 0.3) is 0 Å². The molecular formula is C12H23NO. The van der Waals surface area contributed by atoms with Crippen LogP contribution in [-0.2, 0) is 0 Å². The van der Waals surface area contributed by atoms with E-state index in [0.29, 0.717) is 6.04 Å².